The average Bonchev–Trinajstić information content (AvgIpc) is 2.36. The number of carbonyl (C=O) groups excluding carboxylic acids is 1. The van der Waals surface area contributed by atoms with Gasteiger partial charge in [-0.05, 0) is 32.7 Å². The van der Waals surface area contributed by atoms with Gasteiger partial charge in [-0.2, -0.15) is 0 Å². The summed E-state index contributed by atoms with van der Waals surface area (Å²) in [4.78, 5) is 11.6. The number of nitrogens with one attached hydrogen (secondary N) is 2. The highest BCUT2D eigenvalue weighted by atomic mass is 16.5. The van der Waals surface area contributed by atoms with Crippen LogP contribution in [0.25, 0.3) is 0 Å². The topological polar surface area (TPSA) is 50.4 Å². The van der Waals surface area contributed by atoms with Crippen molar-refractivity contribution in [3.05, 3.63) is 0 Å². The molecule has 4 heteroatoms. The largest absolute Gasteiger partial charge is 0.381 e. The lowest BCUT2D eigenvalue weighted by molar-refractivity contribution is -0.123. The van der Waals surface area contributed by atoms with Crippen molar-refractivity contribution < 1.29 is 9.53 Å². The molecule has 100 valence electrons. The Hall–Kier alpha value is -0.610. The second-order valence-corrected chi connectivity index (χ2v) is 4.77. The highest BCUT2D eigenvalue weighted by molar-refractivity contribution is 5.76. The summed E-state index contributed by atoms with van der Waals surface area (Å²) in [7, 11) is 0. The van der Waals surface area contributed by atoms with Crippen LogP contribution in [-0.2, 0) is 9.53 Å². The fraction of sp³-hybridized carbons (Fsp3) is 0.923. The summed E-state index contributed by atoms with van der Waals surface area (Å²) in [5.41, 5.74) is 0. The third-order valence-corrected chi connectivity index (χ3v) is 3.16. The molecule has 0 aromatic carbocycles. The number of amides is 1. The van der Waals surface area contributed by atoms with Gasteiger partial charge in [0, 0.05) is 25.1 Å². The minimum Gasteiger partial charge on any atom is -0.381 e. The zero-order chi connectivity index (χ0) is 12.5. The molecule has 1 heterocycles. The van der Waals surface area contributed by atoms with E-state index in [1.807, 2.05) is 0 Å². The molecule has 1 rings (SSSR count). The summed E-state index contributed by atoms with van der Waals surface area (Å²) in [6.07, 6.45) is 5.15. The molecule has 1 amide bonds. The lowest BCUT2D eigenvalue weighted by Crippen LogP contribution is -2.50. The lowest BCUT2D eigenvalue weighted by atomic mass is 9.99. The highest BCUT2D eigenvalue weighted by Gasteiger charge is 2.20. The molecule has 0 radical (unpaired) electrons. The van der Waals surface area contributed by atoms with Crippen molar-refractivity contribution in [1.29, 1.82) is 0 Å². The van der Waals surface area contributed by atoms with Crippen molar-refractivity contribution in [2.75, 3.05) is 19.8 Å². The van der Waals surface area contributed by atoms with Crippen molar-refractivity contribution in [1.82, 2.24) is 10.6 Å². The summed E-state index contributed by atoms with van der Waals surface area (Å²) in [6.45, 7) is 6.49. The van der Waals surface area contributed by atoms with Crippen LogP contribution in [0.2, 0.25) is 0 Å². The van der Waals surface area contributed by atoms with Crippen LogP contribution in [0.1, 0.15) is 46.0 Å². The summed E-state index contributed by atoms with van der Waals surface area (Å²) in [6, 6.07) is 0.651. The van der Waals surface area contributed by atoms with E-state index in [9.17, 15) is 4.79 Å². The standard InChI is InChI=1S/C13H26N2O2/c1-3-9-17-10-7-13(16)15-11(2)12-6-4-5-8-14-12/h11-12,14H,3-10H2,1-2H3,(H,15,16). The van der Waals surface area contributed by atoms with Gasteiger partial charge in [-0.15, -0.1) is 0 Å². The summed E-state index contributed by atoms with van der Waals surface area (Å²) >= 11 is 0. The SMILES string of the molecule is CCCOCCC(=O)NC(C)C1CCCCN1. The molecule has 17 heavy (non-hydrogen) atoms. The van der Waals surface area contributed by atoms with Gasteiger partial charge >= 0.3 is 0 Å². The summed E-state index contributed by atoms with van der Waals surface area (Å²) < 4.78 is 5.30. The fourth-order valence-electron chi connectivity index (χ4n) is 2.14. The molecule has 2 unspecified atom stereocenters. The third-order valence-electron chi connectivity index (χ3n) is 3.16. The first-order valence-electron chi connectivity index (χ1n) is 6.84. The minimum absolute atomic E-state index is 0.0981. The second-order valence-electron chi connectivity index (χ2n) is 4.77. The van der Waals surface area contributed by atoms with Crippen molar-refractivity contribution in [3.63, 3.8) is 0 Å². The van der Waals surface area contributed by atoms with Crippen molar-refractivity contribution in [3.8, 4) is 0 Å². The molecule has 1 saturated heterocycles. The predicted molar refractivity (Wildman–Crippen MR) is 69.0 cm³/mol. The molecule has 2 atom stereocenters. The molecular weight excluding hydrogens is 216 g/mol. The number of carbonyl (C=O) groups is 1. The Morgan fingerprint density at radius 2 is 2.29 bits per heavy atom. The predicted octanol–water partition coefficient (Wildman–Crippen LogP) is 1.45. The summed E-state index contributed by atoms with van der Waals surface area (Å²) in [5.74, 6) is 0.0981. The molecule has 0 spiro atoms. The molecule has 4 nitrogen and oxygen atoms in total. The molecule has 0 bridgehead atoms. The molecule has 0 saturated carbocycles. The Morgan fingerprint density at radius 3 is 2.94 bits per heavy atom. The lowest BCUT2D eigenvalue weighted by Gasteiger charge is -2.29. The van der Waals surface area contributed by atoms with Gasteiger partial charge in [-0.25, -0.2) is 0 Å². The Bertz CT molecular complexity index is 215. The van der Waals surface area contributed by atoms with Crippen molar-refractivity contribution in [2.45, 2.75) is 58.0 Å². The van der Waals surface area contributed by atoms with Gasteiger partial charge in [0.25, 0.3) is 0 Å². The van der Waals surface area contributed by atoms with E-state index in [0.29, 0.717) is 19.1 Å². The first kappa shape index (κ1) is 14.5. The Labute approximate surface area is 104 Å². The molecule has 2 N–H and O–H groups in total. The Balaban J connectivity index is 2.11. The van der Waals surface area contributed by atoms with E-state index in [0.717, 1.165) is 26.0 Å². The van der Waals surface area contributed by atoms with Gasteiger partial charge in [-0.3, -0.25) is 4.79 Å². The summed E-state index contributed by atoms with van der Waals surface area (Å²) in [5, 5.41) is 6.50. The zero-order valence-electron chi connectivity index (χ0n) is 11.1. The van der Waals surface area contributed by atoms with E-state index >= 15 is 0 Å². The Morgan fingerprint density at radius 1 is 1.47 bits per heavy atom. The highest BCUT2D eigenvalue weighted by Crippen LogP contribution is 2.10. The van der Waals surface area contributed by atoms with Crippen molar-refractivity contribution >= 4 is 5.91 Å². The fourth-order valence-corrected chi connectivity index (χ4v) is 2.14. The first-order chi connectivity index (χ1) is 8.24. The average molecular weight is 242 g/mol. The molecule has 1 fully saturated rings. The van der Waals surface area contributed by atoms with E-state index in [1.54, 1.807) is 0 Å². The smallest absolute Gasteiger partial charge is 0.222 e. The molecule has 1 aliphatic rings. The maximum Gasteiger partial charge on any atom is 0.222 e. The van der Waals surface area contributed by atoms with E-state index in [4.69, 9.17) is 4.74 Å². The minimum atomic E-state index is 0.0981. The van der Waals surface area contributed by atoms with E-state index in [1.165, 1.54) is 12.8 Å². The molecule has 0 aromatic rings. The van der Waals surface area contributed by atoms with Crippen LogP contribution in [0.15, 0.2) is 0 Å². The first-order valence-corrected chi connectivity index (χ1v) is 6.84. The molecule has 1 aliphatic heterocycles. The number of ether oxygens (including phenoxy) is 1. The van der Waals surface area contributed by atoms with Gasteiger partial charge in [0.05, 0.1) is 6.61 Å². The van der Waals surface area contributed by atoms with Gasteiger partial charge in [0.1, 0.15) is 0 Å². The zero-order valence-corrected chi connectivity index (χ0v) is 11.1. The molecule has 0 aliphatic carbocycles. The van der Waals surface area contributed by atoms with Crippen molar-refractivity contribution in [2.24, 2.45) is 0 Å². The third kappa shape index (κ3) is 6.03. The number of hydrogen-bond donors (Lipinski definition) is 2. The van der Waals surface area contributed by atoms with Crippen LogP contribution in [0.3, 0.4) is 0 Å². The van der Waals surface area contributed by atoms with E-state index in [-0.39, 0.29) is 11.9 Å². The quantitative estimate of drug-likeness (QED) is 0.664. The van der Waals surface area contributed by atoms with E-state index < -0.39 is 0 Å². The van der Waals surface area contributed by atoms with Crippen LogP contribution >= 0.6 is 0 Å². The monoisotopic (exact) mass is 242 g/mol. The van der Waals surface area contributed by atoms with Crippen LogP contribution < -0.4 is 10.6 Å². The van der Waals surface area contributed by atoms with Crippen LogP contribution in [0.4, 0.5) is 0 Å². The van der Waals surface area contributed by atoms with Crippen LogP contribution in [-0.4, -0.2) is 37.7 Å². The van der Waals surface area contributed by atoms with E-state index in [2.05, 4.69) is 24.5 Å². The maximum atomic E-state index is 11.6. The second kappa shape index (κ2) is 8.48. The number of hydrogen-bond acceptors (Lipinski definition) is 3. The van der Waals surface area contributed by atoms with Crippen LogP contribution in [0.5, 0.6) is 0 Å². The van der Waals surface area contributed by atoms with Gasteiger partial charge < -0.3 is 15.4 Å². The molecular formula is C13H26N2O2. The maximum absolute atomic E-state index is 11.6. The normalized spacial score (nSPS) is 22.1. The van der Waals surface area contributed by atoms with Crippen LogP contribution in [0, 0.1) is 0 Å². The molecule has 0 aromatic heterocycles. The number of piperidine rings is 1. The Kier molecular flexibility index (Phi) is 7.21. The van der Waals surface area contributed by atoms with Gasteiger partial charge in [0.15, 0.2) is 0 Å². The number of rotatable bonds is 7. The van der Waals surface area contributed by atoms with Gasteiger partial charge in [-0.1, -0.05) is 13.3 Å². The van der Waals surface area contributed by atoms with Gasteiger partial charge in [0.2, 0.25) is 5.91 Å².